The van der Waals surface area contributed by atoms with Gasteiger partial charge in [0, 0.05) is 31.1 Å². The molecule has 0 bridgehead atoms. The van der Waals surface area contributed by atoms with Crippen LogP contribution in [0.25, 0.3) is 0 Å². The predicted molar refractivity (Wildman–Crippen MR) is 81.2 cm³/mol. The number of halogens is 2. The van der Waals surface area contributed by atoms with Crippen molar-refractivity contribution in [2.75, 3.05) is 11.9 Å². The summed E-state index contributed by atoms with van der Waals surface area (Å²) in [5, 5.41) is 11.2. The van der Waals surface area contributed by atoms with Gasteiger partial charge in [-0.1, -0.05) is 24.3 Å². The molecule has 0 atom stereocenters. The van der Waals surface area contributed by atoms with Crippen molar-refractivity contribution in [3.63, 3.8) is 0 Å². The average molecular weight is 309 g/mol. The smallest absolute Gasteiger partial charge is 0.292 e. The maximum Gasteiger partial charge on any atom is 0.292 e. The quantitative estimate of drug-likeness (QED) is 0.474. The van der Waals surface area contributed by atoms with Gasteiger partial charge in [-0.3, -0.25) is 10.1 Å². The highest BCUT2D eigenvalue weighted by atomic mass is 35.5. The van der Waals surface area contributed by atoms with Gasteiger partial charge >= 0.3 is 0 Å². The normalized spacial score (nSPS) is 10.4. The fraction of sp³-hybridized carbons (Fsp3) is 0.200. The molecule has 0 aliphatic carbocycles. The van der Waals surface area contributed by atoms with E-state index in [9.17, 15) is 14.5 Å². The molecule has 0 heterocycles. The molecule has 0 amide bonds. The second kappa shape index (κ2) is 6.54. The molecule has 2 aromatic carbocycles. The minimum Gasteiger partial charge on any atom is -0.365 e. The third-order valence-corrected chi connectivity index (χ3v) is 3.48. The molecule has 21 heavy (non-hydrogen) atoms. The zero-order chi connectivity index (χ0) is 15.4. The van der Waals surface area contributed by atoms with Crippen LogP contribution < -0.4 is 4.90 Å². The van der Waals surface area contributed by atoms with E-state index in [1.807, 2.05) is 0 Å². The van der Waals surface area contributed by atoms with Crippen molar-refractivity contribution in [1.82, 2.24) is 0 Å². The van der Waals surface area contributed by atoms with Crippen LogP contribution in [0, 0.1) is 15.9 Å². The van der Waals surface area contributed by atoms with Gasteiger partial charge < -0.3 is 4.90 Å². The second-order valence-electron chi connectivity index (χ2n) is 4.66. The summed E-state index contributed by atoms with van der Waals surface area (Å²) in [6.07, 6.45) is 0. The highest BCUT2D eigenvalue weighted by molar-refractivity contribution is 6.17. The van der Waals surface area contributed by atoms with E-state index in [1.165, 1.54) is 12.1 Å². The molecule has 2 rings (SSSR count). The summed E-state index contributed by atoms with van der Waals surface area (Å²) >= 11 is 5.70. The SMILES string of the molecule is CN(Cc1ccccc1F)c1ccc(CCl)cc1[N+](=O)[O-]. The van der Waals surface area contributed by atoms with Crippen LogP contribution in [-0.4, -0.2) is 12.0 Å². The first-order valence-corrected chi connectivity index (χ1v) is 6.84. The molecule has 6 heteroatoms. The number of anilines is 1. The van der Waals surface area contributed by atoms with Crippen molar-refractivity contribution in [2.45, 2.75) is 12.4 Å². The van der Waals surface area contributed by atoms with Crippen LogP contribution in [0.15, 0.2) is 42.5 Å². The number of nitro benzene ring substituents is 1. The lowest BCUT2D eigenvalue weighted by Crippen LogP contribution is -2.18. The van der Waals surface area contributed by atoms with E-state index in [4.69, 9.17) is 11.6 Å². The Labute approximate surface area is 126 Å². The largest absolute Gasteiger partial charge is 0.365 e. The van der Waals surface area contributed by atoms with Crippen molar-refractivity contribution in [2.24, 2.45) is 0 Å². The van der Waals surface area contributed by atoms with Crippen molar-refractivity contribution in [1.29, 1.82) is 0 Å². The van der Waals surface area contributed by atoms with E-state index in [0.717, 1.165) is 0 Å². The van der Waals surface area contributed by atoms with Crippen LogP contribution in [0.3, 0.4) is 0 Å². The van der Waals surface area contributed by atoms with Crippen LogP contribution in [-0.2, 0) is 12.4 Å². The Morgan fingerprint density at radius 2 is 2.00 bits per heavy atom. The van der Waals surface area contributed by atoms with Gasteiger partial charge in [-0.15, -0.1) is 11.6 Å². The van der Waals surface area contributed by atoms with E-state index < -0.39 is 4.92 Å². The van der Waals surface area contributed by atoms with Crippen LogP contribution in [0.4, 0.5) is 15.8 Å². The monoisotopic (exact) mass is 308 g/mol. The lowest BCUT2D eigenvalue weighted by molar-refractivity contribution is -0.384. The molecule has 0 aliphatic rings. The van der Waals surface area contributed by atoms with Gasteiger partial charge in [-0.05, 0) is 17.7 Å². The van der Waals surface area contributed by atoms with Gasteiger partial charge in [-0.2, -0.15) is 0 Å². The van der Waals surface area contributed by atoms with Crippen molar-refractivity contribution in [3.8, 4) is 0 Å². The first-order valence-electron chi connectivity index (χ1n) is 6.30. The maximum absolute atomic E-state index is 13.7. The standard InChI is InChI=1S/C15H14ClFN2O2/c1-18(10-12-4-2-3-5-13(12)17)14-7-6-11(9-16)8-15(14)19(20)21/h2-8H,9-10H2,1H3. The van der Waals surface area contributed by atoms with Crippen LogP contribution in [0.2, 0.25) is 0 Å². The lowest BCUT2D eigenvalue weighted by Gasteiger charge is -2.20. The minimum atomic E-state index is -0.455. The second-order valence-corrected chi connectivity index (χ2v) is 4.93. The Bertz CT molecular complexity index is 664. The summed E-state index contributed by atoms with van der Waals surface area (Å²) in [4.78, 5) is 12.4. The van der Waals surface area contributed by atoms with Crippen molar-refractivity contribution < 1.29 is 9.31 Å². The van der Waals surface area contributed by atoms with E-state index in [-0.39, 0.29) is 23.9 Å². The highest BCUT2D eigenvalue weighted by Crippen LogP contribution is 2.30. The molecule has 0 N–H and O–H groups in total. The highest BCUT2D eigenvalue weighted by Gasteiger charge is 2.18. The molecular weight excluding hydrogens is 295 g/mol. The van der Waals surface area contributed by atoms with Gasteiger partial charge in [0.2, 0.25) is 0 Å². The zero-order valence-electron chi connectivity index (χ0n) is 11.4. The number of hydrogen-bond donors (Lipinski definition) is 0. The number of hydrogen-bond acceptors (Lipinski definition) is 3. The minimum absolute atomic E-state index is 0.0352. The summed E-state index contributed by atoms with van der Waals surface area (Å²) in [5.41, 5.74) is 1.55. The topological polar surface area (TPSA) is 46.4 Å². The first kappa shape index (κ1) is 15.3. The molecular formula is C15H14ClFN2O2. The molecule has 0 spiro atoms. The third-order valence-electron chi connectivity index (χ3n) is 3.17. The fourth-order valence-corrected chi connectivity index (χ4v) is 2.25. The Morgan fingerprint density at radius 3 is 2.62 bits per heavy atom. The summed E-state index contributed by atoms with van der Waals surface area (Å²) in [6, 6.07) is 11.2. The molecule has 0 unspecified atom stereocenters. The van der Waals surface area contributed by atoms with E-state index in [0.29, 0.717) is 16.8 Å². The Morgan fingerprint density at radius 1 is 1.29 bits per heavy atom. The van der Waals surface area contributed by atoms with Gasteiger partial charge in [0.05, 0.1) is 4.92 Å². The number of alkyl halides is 1. The third kappa shape index (κ3) is 3.49. The van der Waals surface area contributed by atoms with E-state index >= 15 is 0 Å². The van der Waals surface area contributed by atoms with Gasteiger partial charge in [0.25, 0.3) is 5.69 Å². The van der Waals surface area contributed by atoms with Crippen LogP contribution in [0.1, 0.15) is 11.1 Å². The summed E-state index contributed by atoms with van der Waals surface area (Å²) in [7, 11) is 1.69. The summed E-state index contributed by atoms with van der Waals surface area (Å²) in [5.74, 6) is -0.123. The van der Waals surface area contributed by atoms with Crippen molar-refractivity contribution >= 4 is 23.0 Å². The van der Waals surface area contributed by atoms with E-state index in [2.05, 4.69) is 0 Å². The average Bonchev–Trinajstić information content (AvgIpc) is 2.48. The summed E-state index contributed by atoms with van der Waals surface area (Å²) in [6.45, 7) is 0.244. The van der Waals surface area contributed by atoms with E-state index in [1.54, 1.807) is 42.3 Å². The van der Waals surface area contributed by atoms with Crippen molar-refractivity contribution in [3.05, 3.63) is 69.5 Å². The molecule has 110 valence electrons. The summed E-state index contributed by atoms with van der Waals surface area (Å²) < 4.78 is 13.7. The van der Waals surface area contributed by atoms with Gasteiger partial charge in [-0.25, -0.2) is 4.39 Å². The molecule has 4 nitrogen and oxygen atoms in total. The molecule has 0 saturated heterocycles. The lowest BCUT2D eigenvalue weighted by atomic mass is 10.1. The Kier molecular flexibility index (Phi) is 4.75. The molecule has 0 aliphatic heterocycles. The van der Waals surface area contributed by atoms with Gasteiger partial charge in [0.1, 0.15) is 11.5 Å². The van der Waals surface area contributed by atoms with Crippen LogP contribution in [0.5, 0.6) is 0 Å². The number of nitrogens with zero attached hydrogens (tertiary/aromatic N) is 2. The first-order chi connectivity index (χ1) is 10.0. The van der Waals surface area contributed by atoms with Crippen LogP contribution >= 0.6 is 11.6 Å². The number of benzene rings is 2. The molecule has 0 aromatic heterocycles. The fourth-order valence-electron chi connectivity index (χ4n) is 2.09. The number of rotatable bonds is 5. The Balaban J connectivity index is 2.33. The predicted octanol–water partition coefficient (Wildman–Crippen LogP) is 4.11. The zero-order valence-corrected chi connectivity index (χ0v) is 12.2. The molecule has 0 fully saturated rings. The molecule has 0 radical (unpaired) electrons. The molecule has 2 aromatic rings. The maximum atomic E-state index is 13.7. The Hall–Kier alpha value is -2.14. The molecule has 0 saturated carbocycles. The van der Waals surface area contributed by atoms with Gasteiger partial charge in [0.15, 0.2) is 0 Å². The number of nitro groups is 1.